The number of aromatic nitrogens is 2. The van der Waals surface area contributed by atoms with Crippen molar-refractivity contribution in [2.75, 3.05) is 18.4 Å². The molecule has 1 atom stereocenters. The van der Waals surface area contributed by atoms with Gasteiger partial charge in [-0.3, -0.25) is 9.69 Å². The quantitative estimate of drug-likeness (QED) is 0.501. The number of amides is 1. The van der Waals surface area contributed by atoms with Crippen molar-refractivity contribution in [3.8, 4) is 11.4 Å². The number of hydrogen-bond acceptors (Lipinski definition) is 5. The molecule has 2 heterocycles. The van der Waals surface area contributed by atoms with Crippen molar-refractivity contribution in [2.45, 2.75) is 25.6 Å². The summed E-state index contributed by atoms with van der Waals surface area (Å²) in [6, 6.07) is 12.0. The number of halogens is 4. The lowest BCUT2D eigenvalue weighted by Crippen LogP contribution is -2.40. The van der Waals surface area contributed by atoms with Gasteiger partial charge in [0.1, 0.15) is 0 Å². The Balaban J connectivity index is 1.34. The van der Waals surface area contributed by atoms with Crippen LogP contribution in [-0.2, 0) is 17.5 Å². The second kappa shape index (κ2) is 9.41. The predicted octanol–water partition coefficient (Wildman–Crippen LogP) is 5.37. The maximum absolute atomic E-state index is 12.7. The molecule has 0 bridgehead atoms. The van der Waals surface area contributed by atoms with Crippen LogP contribution in [0.1, 0.15) is 24.3 Å². The highest BCUT2D eigenvalue weighted by molar-refractivity contribution is 9.10. The van der Waals surface area contributed by atoms with Gasteiger partial charge in [0.05, 0.1) is 18.0 Å². The molecule has 1 N–H and O–H groups in total. The molecule has 0 aliphatic carbocycles. The van der Waals surface area contributed by atoms with Crippen molar-refractivity contribution >= 4 is 27.5 Å². The van der Waals surface area contributed by atoms with E-state index in [9.17, 15) is 18.0 Å². The lowest BCUT2D eigenvalue weighted by atomic mass is 9.97. The first kappa shape index (κ1) is 22.5. The van der Waals surface area contributed by atoms with Gasteiger partial charge in [-0.2, -0.15) is 18.2 Å². The Bertz CT molecular complexity index is 1070. The van der Waals surface area contributed by atoms with Gasteiger partial charge in [-0.15, -0.1) is 0 Å². The number of anilines is 1. The lowest BCUT2D eigenvalue weighted by molar-refractivity contribution is -0.137. The van der Waals surface area contributed by atoms with E-state index in [1.54, 1.807) is 0 Å². The third-order valence-electron chi connectivity index (χ3n) is 5.29. The van der Waals surface area contributed by atoms with Gasteiger partial charge in [0.2, 0.25) is 17.6 Å². The molecule has 0 saturated carbocycles. The zero-order valence-electron chi connectivity index (χ0n) is 16.9. The highest BCUT2D eigenvalue weighted by Crippen LogP contribution is 2.30. The van der Waals surface area contributed by atoms with E-state index in [0.29, 0.717) is 36.9 Å². The maximum atomic E-state index is 12.7. The van der Waals surface area contributed by atoms with Crippen LogP contribution < -0.4 is 5.32 Å². The van der Waals surface area contributed by atoms with E-state index in [-0.39, 0.29) is 11.8 Å². The molecule has 1 aliphatic heterocycles. The summed E-state index contributed by atoms with van der Waals surface area (Å²) in [5.74, 6) is 0.475. The molecule has 0 spiro atoms. The van der Waals surface area contributed by atoms with Gasteiger partial charge in [0, 0.05) is 22.3 Å². The molecule has 32 heavy (non-hydrogen) atoms. The summed E-state index contributed by atoms with van der Waals surface area (Å²) in [5.41, 5.74) is 0.438. The fraction of sp³-hybridized carbons (Fsp3) is 0.318. The summed E-state index contributed by atoms with van der Waals surface area (Å²) >= 11 is 3.39. The van der Waals surface area contributed by atoms with E-state index >= 15 is 0 Å². The largest absolute Gasteiger partial charge is 0.416 e. The van der Waals surface area contributed by atoms with Crippen LogP contribution in [0.3, 0.4) is 0 Å². The van der Waals surface area contributed by atoms with E-state index in [1.165, 1.54) is 12.1 Å². The standard InChI is InChI=1S/C22H20BrF3N4O2/c23-17-7-3-14(4-8-17)20-28-19(32-29-20)13-30-11-1-2-15(12-30)21(31)27-18-9-5-16(6-10-18)22(24,25)26/h3-10,15H,1-2,11-13H2,(H,27,31). The first-order valence-electron chi connectivity index (χ1n) is 10.1. The molecule has 6 nitrogen and oxygen atoms in total. The first-order valence-corrected chi connectivity index (χ1v) is 10.9. The summed E-state index contributed by atoms with van der Waals surface area (Å²) in [6.07, 6.45) is -2.88. The van der Waals surface area contributed by atoms with Crippen LogP contribution in [-0.4, -0.2) is 34.0 Å². The van der Waals surface area contributed by atoms with Crippen LogP contribution in [0, 0.1) is 5.92 Å². The van der Waals surface area contributed by atoms with E-state index in [1.807, 2.05) is 24.3 Å². The Morgan fingerprint density at radius 3 is 2.56 bits per heavy atom. The highest BCUT2D eigenvalue weighted by Gasteiger charge is 2.30. The molecule has 0 radical (unpaired) electrons. The minimum Gasteiger partial charge on any atom is -0.338 e. The molecule has 168 valence electrons. The van der Waals surface area contributed by atoms with Crippen LogP contribution in [0.4, 0.5) is 18.9 Å². The molecule has 4 rings (SSSR count). The lowest BCUT2D eigenvalue weighted by Gasteiger charge is -2.30. The third-order valence-corrected chi connectivity index (χ3v) is 5.81. The van der Waals surface area contributed by atoms with Crippen molar-refractivity contribution in [3.63, 3.8) is 0 Å². The SMILES string of the molecule is O=C(Nc1ccc(C(F)(F)F)cc1)C1CCCN(Cc2nc(-c3ccc(Br)cc3)no2)C1. The van der Waals surface area contributed by atoms with E-state index < -0.39 is 11.7 Å². The summed E-state index contributed by atoms with van der Waals surface area (Å²) in [5, 5.41) is 6.75. The summed E-state index contributed by atoms with van der Waals surface area (Å²) in [7, 11) is 0. The van der Waals surface area contributed by atoms with Crippen molar-refractivity contribution in [3.05, 3.63) is 64.5 Å². The van der Waals surface area contributed by atoms with Crippen molar-refractivity contribution < 1.29 is 22.5 Å². The van der Waals surface area contributed by atoms with Gasteiger partial charge >= 0.3 is 6.18 Å². The fourth-order valence-corrected chi connectivity index (χ4v) is 3.89. The van der Waals surface area contributed by atoms with Gasteiger partial charge in [-0.1, -0.05) is 21.1 Å². The van der Waals surface area contributed by atoms with Gasteiger partial charge < -0.3 is 9.84 Å². The molecule has 1 fully saturated rings. The molecule has 1 saturated heterocycles. The van der Waals surface area contributed by atoms with Crippen LogP contribution >= 0.6 is 15.9 Å². The van der Waals surface area contributed by atoms with E-state index in [4.69, 9.17) is 4.52 Å². The predicted molar refractivity (Wildman–Crippen MR) is 116 cm³/mol. The minimum atomic E-state index is -4.40. The van der Waals surface area contributed by atoms with Gasteiger partial charge in [-0.05, 0) is 67.9 Å². The second-order valence-electron chi connectivity index (χ2n) is 7.66. The minimum absolute atomic E-state index is 0.212. The second-order valence-corrected chi connectivity index (χ2v) is 8.57. The Kier molecular flexibility index (Phi) is 6.61. The monoisotopic (exact) mass is 508 g/mol. The summed E-state index contributed by atoms with van der Waals surface area (Å²) in [4.78, 5) is 19.2. The van der Waals surface area contributed by atoms with Crippen LogP contribution in [0.25, 0.3) is 11.4 Å². The summed E-state index contributed by atoms with van der Waals surface area (Å²) < 4.78 is 44.4. The molecule has 3 aromatic rings. The molecule has 1 unspecified atom stereocenters. The number of nitrogens with one attached hydrogen (secondary N) is 1. The topological polar surface area (TPSA) is 71.3 Å². The highest BCUT2D eigenvalue weighted by atomic mass is 79.9. The molecule has 2 aromatic carbocycles. The smallest absolute Gasteiger partial charge is 0.338 e. The maximum Gasteiger partial charge on any atom is 0.416 e. The zero-order valence-corrected chi connectivity index (χ0v) is 18.5. The Hall–Kier alpha value is -2.72. The average Bonchev–Trinajstić information content (AvgIpc) is 3.22. The Labute approximate surface area is 190 Å². The van der Waals surface area contributed by atoms with Crippen molar-refractivity contribution in [1.82, 2.24) is 15.0 Å². The number of benzene rings is 2. The Morgan fingerprint density at radius 2 is 1.88 bits per heavy atom. The number of rotatable bonds is 5. The third kappa shape index (κ3) is 5.55. The van der Waals surface area contributed by atoms with E-state index in [0.717, 1.165) is 35.1 Å². The fourth-order valence-electron chi connectivity index (χ4n) is 3.63. The zero-order chi connectivity index (χ0) is 22.7. The van der Waals surface area contributed by atoms with E-state index in [2.05, 4.69) is 36.3 Å². The average molecular weight is 509 g/mol. The number of nitrogens with zero attached hydrogens (tertiary/aromatic N) is 3. The molecule has 1 aromatic heterocycles. The number of alkyl halides is 3. The van der Waals surface area contributed by atoms with Crippen molar-refractivity contribution in [1.29, 1.82) is 0 Å². The van der Waals surface area contributed by atoms with Crippen LogP contribution in [0.5, 0.6) is 0 Å². The molecule has 10 heteroatoms. The van der Waals surface area contributed by atoms with Crippen molar-refractivity contribution in [2.24, 2.45) is 5.92 Å². The number of carbonyl (C=O) groups excluding carboxylic acids is 1. The number of likely N-dealkylation sites (tertiary alicyclic amines) is 1. The van der Waals surface area contributed by atoms with Gasteiger partial charge in [0.25, 0.3) is 0 Å². The summed E-state index contributed by atoms with van der Waals surface area (Å²) in [6.45, 7) is 1.72. The van der Waals surface area contributed by atoms with Gasteiger partial charge in [0.15, 0.2) is 0 Å². The van der Waals surface area contributed by atoms with Gasteiger partial charge in [-0.25, -0.2) is 0 Å². The number of hydrogen-bond donors (Lipinski definition) is 1. The van der Waals surface area contributed by atoms with Crippen LogP contribution in [0.15, 0.2) is 57.5 Å². The first-order chi connectivity index (χ1) is 15.3. The van der Waals surface area contributed by atoms with Crippen LogP contribution in [0.2, 0.25) is 0 Å². The number of carbonyl (C=O) groups is 1. The normalized spacial score (nSPS) is 17.3. The molecular formula is C22H20BrF3N4O2. The molecule has 1 aliphatic rings. The molecule has 1 amide bonds. The molecular weight excluding hydrogens is 489 g/mol. The Morgan fingerprint density at radius 1 is 1.16 bits per heavy atom. The number of piperidine rings is 1.